The van der Waals surface area contributed by atoms with Crippen molar-refractivity contribution in [2.75, 3.05) is 58.4 Å². The number of aryl methyl sites for hydroxylation is 1. The van der Waals surface area contributed by atoms with Crippen molar-refractivity contribution in [1.29, 1.82) is 0 Å². The van der Waals surface area contributed by atoms with Gasteiger partial charge in [-0.1, -0.05) is 12.1 Å². The minimum absolute atomic E-state index is 0.0208. The number of aliphatic hydroxyl groups is 1. The standard InChI is InChI=1S/C34H43F3N5O8P/c1-42-19-25-24(22-6-8-23(43)9-7-22)10-12-28(30(25)32(42)44)40-33-38-18-26(34(35,36)37)31(41-33)39-27-11-5-21(17-29(27)48-4)20-51(45,49-15-13-46-2)50-16-14-47-3/h5,10-12,17-19,22-23,43-44H,6-9,13-16,20H2,1-4H3,(H2,38,39,40,41). The predicted octanol–water partition coefficient (Wildman–Crippen LogP) is 7.23. The predicted molar refractivity (Wildman–Crippen MR) is 185 cm³/mol. The molecule has 1 fully saturated rings. The van der Waals surface area contributed by atoms with Crippen molar-refractivity contribution < 1.29 is 51.2 Å². The summed E-state index contributed by atoms with van der Waals surface area (Å²) < 4.78 is 84.2. The summed E-state index contributed by atoms with van der Waals surface area (Å²) in [5.41, 5.74) is 0.932. The SMILES string of the molecule is COCCOP(=O)(Cc1ccc(Nc2nc(Nc3ccc(C4CCC(O)CC4)c4cn(C)c(O)c34)ncc2C(F)(F)F)c(OC)c1)OCCOC. The molecule has 0 bridgehead atoms. The van der Waals surface area contributed by atoms with Gasteiger partial charge in [0.25, 0.3) is 0 Å². The number of hydrogen-bond acceptors (Lipinski definition) is 12. The zero-order valence-electron chi connectivity index (χ0n) is 28.8. The van der Waals surface area contributed by atoms with E-state index in [0.717, 1.165) is 23.8 Å². The summed E-state index contributed by atoms with van der Waals surface area (Å²) in [5.74, 6) is -0.395. The quantitative estimate of drug-likeness (QED) is 0.0677. The lowest BCUT2D eigenvalue weighted by Crippen LogP contribution is -2.17. The van der Waals surface area contributed by atoms with Crippen molar-refractivity contribution in [3.63, 3.8) is 0 Å². The number of halogens is 3. The van der Waals surface area contributed by atoms with Gasteiger partial charge >= 0.3 is 13.8 Å². The van der Waals surface area contributed by atoms with Crippen LogP contribution in [0.15, 0.2) is 42.7 Å². The number of aliphatic hydroxyl groups excluding tert-OH is 1. The number of nitrogens with zero attached hydrogens (tertiary/aromatic N) is 3. The van der Waals surface area contributed by atoms with Gasteiger partial charge in [0.2, 0.25) is 11.8 Å². The molecule has 0 radical (unpaired) electrons. The second-order valence-electron chi connectivity index (χ2n) is 12.2. The lowest BCUT2D eigenvalue weighted by molar-refractivity contribution is -0.137. The van der Waals surface area contributed by atoms with Crippen LogP contribution in [0.4, 0.5) is 36.3 Å². The molecule has 17 heteroatoms. The van der Waals surface area contributed by atoms with Crippen LogP contribution in [0.25, 0.3) is 10.8 Å². The second-order valence-corrected chi connectivity index (χ2v) is 14.3. The van der Waals surface area contributed by atoms with Crippen LogP contribution in [0.3, 0.4) is 0 Å². The molecular formula is C34H43F3N5O8P. The van der Waals surface area contributed by atoms with Gasteiger partial charge in [0.15, 0.2) is 0 Å². The summed E-state index contributed by atoms with van der Waals surface area (Å²) >= 11 is 0. The average molecular weight is 738 g/mol. The summed E-state index contributed by atoms with van der Waals surface area (Å²) in [4.78, 5) is 8.16. The Kier molecular flexibility index (Phi) is 12.5. The number of benzene rings is 2. The largest absolute Gasteiger partial charge is 0.495 e. The van der Waals surface area contributed by atoms with E-state index in [4.69, 9.17) is 23.3 Å². The number of aromatic hydroxyl groups is 1. The molecule has 0 saturated heterocycles. The van der Waals surface area contributed by atoms with Gasteiger partial charge in [-0.3, -0.25) is 4.57 Å². The highest BCUT2D eigenvalue weighted by Gasteiger charge is 2.36. The zero-order chi connectivity index (χ0) is 36.8. The van der Waals surface area contributed by atoms with Crippen LogP contribution in [0.5, 0.6) is 11.6 Å². The highest BCUT2D eigenvalue weighted by Crippen LogP contribution is 2.52. The highest BCUT2D eigenvalue weighted by molar-refractivity contribution is 7.53. The van der Waals surface area contributed by atoms with Gasteiger partial charge in [0.05, 0.1) is 62.6 Å². The van der Waals surface area contributed by atoms with Gasteiger partial charge in [-0.05, 0) is 60.9 Å². The number of ether oxygens (including phenoxy) is 3. The van der Waals surface area contributed by atoms with Crippen LogP contribution < -0.4 is 15.4 Å². The van der Waals surface area contributed by atoms with Crippen LogP contribution in [-0.2, 0) is 42.5 Å². The normalized spacial score (nSPS) is 16.8. The van der Waals surface area contributed by atoms with Crippen molar-refractivity contribution >= 4 is 41.5 Å². The maximum atomic E-state index is 14.2. The summed E-state index contributed by atoms with van der Waals surface area (Å²) in [7, 11) is 2.35. The Morgan fingerprint density at radius 1 is 0.961 bits per heavy atom. The molecule has 0 unspecified atom stereocenters. The van der Waals surface area contributed by atoms with Crippen LogP contribution in [0.2, 0.25) is 0 Å². The minimum Gasteiger partial charge on any atom is -0.495 e. The number of hydrogen-bond donors (Lipinski definition) is 4. The van der Waals surface area contributed by atoms with Crippen molar-refractivity contribution in [3.8, 4) is 11.6 Å². The van der Waals surface area contributed by atoms with Crippen molar-refractivity contribution in [2.45, 2.75) is 50.0 Å². The number of alkyl halides is 3. The number of nitrogens with one attached hydrogen (secondary N) is 2. The first-order valence-corrected chi connectivity index (χ1v) is 18.1. The van der Waals surface area contributed by atoms with Gasteiger partial charge in [0, 0.05) is 39.0 Å². The van der Waals surface area contributed by atoms with Gasteiger partial charge in [-0.25, -0.2) is 4.98 Å². The van der Waals surface area contributed by atoms with Crippen molar-refractivity contribution in [3.05, 3.63) is 59.4 Å². The Hall–Kier alpha value is -3.92. The first-order chi connectivity index (χ1) is 24.4. The van der Waals surface area contributed by atoms with Gasteiger partial charge in [0.1, 0.15) is 17.1 Å². The molecule has 0 atom stereocenters. The van der Waals surface area contributed by atoms with Gasteiger partial charge in [-0.15, -0.1) is 0 Å². The van der Waals surface area contributed by atoms with Crippen LogP contribution in [0.1, 0.15) is 48.3 Å². The Bertz CT molecular complexity index is 1830. The Balaban J connectivity index is 1.44. The van der Waals surface area contributed by atoms with Gasteiger partial charge in [-0.2, -0.15) is 18.2 Å². The number of rotatable bonds is 16. The van der Waals surface area contributed by atoms with Crippen molar-refractivity contribution in [1.82, 2.24) is 14.5 Å². The first-order valence-electron chi connectivity index (χ1n) is 16.4. The molecule has 1 aliphatic carbocycles. The Morgan fingerprint density at radius 2 is 1.63 bits per heavy atom. The summed E-state index contributed by atoms with van der Waals surface area (Å²) in [6.07, 6.45) is 0.163. The minimum atomic E-state index is -4.81. The fourth-order valence-corrected chi connectivity index (χ4v) is 7.70. The van der Waals surface area contributed by atoms with E-state index in [-0.39, 0.29) is 67.9 Å². The monoisotopic (exact) mass is 737 g/mol. The lowest BCUT2D eigenvalue weighted by Gasteiger charge is -2.26. The van der Waals surface area contributed by atoms with Crippen LogP contribution in [0, 0.1) is 0 Å². The van der Waals surface area contributed by atoms with E-state index in [2.05, 4.69) is 20.6 Å². The smallest absolute Gasteiger partial charge is 0.421 e. The Labute approximate surface area is 293 Å². The number of fused-ring (bicyclic) bond motifs is 1. The fourth-order valence-electron chi connectivity index (χ4n) is 6.10. The van der Waals surface area contributed by atoms with E-state index >= 15 is 0 Å². The zero-order valence-corrected chi connectivity index (χ0v) is 29.7. The number of methoxy groups -OCH3 is 3. The molecular weight excluding hydrogens is 694 g/mol. The highest BCUT2D eigenvalue weighted by atomic mass is 31.2. The molecule has 2 aromatic carbocycles. The molecule has 1 saturated carbocycles. The third kappa shape index (κ3) is 9.31. The molecule has 13 nitrogen and oxygen atoms in total. The van der Waals surface area contributed by atoms with E-state index in [1.54, 1.807) is 23.7 Å². The molecule has 5 rings (SSSR count). The van der Waals surface area contributed by atoms with Crippen LogP contribution in [-0.4, -0.2) is 78.6 Å². The van der Waals surface area contributed by atoms with E-state index in [1.165, 1.54) is 33.5 Å². The average Bonchev–Trinajstić information content (AvgIpc) is 3.39. The molecule has 2 aromatic heterocycles. The molecule has 4 N–H and O–H groups in total. The van der Waals surface area contributed by atoms with E-state index in [9.17, 15) is 27.9 Å². The summed E-state index contributed by atoms with van der Waals surface area (Å²) in [6, 6.07) is 8.23. The summed E-state index contributed by atoms with van der Waals surface area (Å²) in [5, 5.41) is 28.0. The van der Waals surface area contributed by atoms with Gasteiger partial charge < -0.3 is 48.7 Å². The summed E-state index contributed by atoms with van der Waals surface area (Å²) in [6.45, 7) is 0.423. The lowest BCUT2D eigenvalue weighted by atomic mass is 9.81. The molecule has 0 amide bonds. The molecule has 0 aliphatic heterocycles. The molecule has 0 spiro atoms. The van der Waals surface area contributed by atoms with Crippen LogP contribution >= 0.6 is 7.60 Å². The maximum Gasteiger partial charge on any atom is 0.421 e. The molecule has 2 heterocycles. The number of anilines is 4. The third-order valence-electron chi connectivity index (χ3n) is 8.68. The second kappa shape index (κ2) is 16.6. The molecule has 51 heavy (non-hydrogen) atoms. The maximum absolute atomic E-state index is 14.2. The van der Waals surface area contributed by atoms with E-state index in [1.807, 2.05) is 12.3 Å². The third-order valence-corrected chi connectivity index (χ3v) is 10.6. The molecule has 1 aliphatic rings. The molecule has 4 aromatic rings. The van der Waals surface area contributed by atoms with E-state index < -0.39 is 25.2 Å². The topological polar surface area (TPSA) is 158 Å². The Morgan fingerprint density at radius 3 is 2.25 bits per heavy atom. The van der Waals surface area contributed by atoms with E-state index in [0.29, 0.717) is 35.7 Å². The number of aromatic nitrogens is 3. The van der Waals surface area contributed by atoms with Crippen molar-refractivity contribution in [2.24, 2.45) is 7.05 Å². The first kappa shape index (κ1) is 38.3. The molecule has 278 valence electrons. The fraction of sp³-hybridized carbons (Fsp3) is 0.471.